The zero-order valence-corrected chi connectivity index (χ0v) is 8.77. The summed E-state index contributed by atoms with van der Waals surface area (Å²) in [7, 11) is 0. The molecular weight excluding hydrogens is 182 g/mol. The largest absolute Gasteiger partial charge is 0.237 e. The first-order valence-corrected chi connectivity index (χ1v) is 5.09. The fourth-order valence-electron chi connectivity index (χ4n) is 1.38. The SMILES string of the molecule is CCc1nsc2c(C)nc(C)nc12. The average Bonchev–Trinajstić information content (AvgIpc) is 2.47. The maximum Gasteiger partial charge on any atom is 0.126 e. The molecule has 0 saturated carbocycles. The summed E-state index contributed by atoms with van der Waals surface area (Å²) in [5.41, 5.74) is 3.17. The van der Waals surface area contributed by atoms with Gasteiger partial charge in [-0.05, 0) is 31.8 Å². The van der Waals surface area contributed by atoms with Crippen molar-refractivity contribution in [2.24, 2.45) is 0 Å². The zero-order valence-electron chi connectivity index (χ0n) is 7.96. The third kappa shape index (κ3) is 1.31. The van der Waals surface area contributed by atoms with Crippen LogP contribution in [0.1, 0.15) is 24.1 Å². The summed E-state index contributed by atoms with van der Waals surface area (Å²) in [6, 6.07) is 0. The van der Waals surface area contributed by atoms with E-state index in [1.807, 2.05) is 13.8 Å². The minimum atomic E-state index is 0.833. The van der Waals surface area contributed by atoms with Crippen molar-refractivity contribution in [1.29, 1.82) is 0 Å². The molecule has 0 fully saturated rings. The lowest BCUT2D eigenvalue weighted by Crippen LogP contribution is -1.92. The second kappa shape index (κ2) is 3.03. The van der Waals surface area contributed by atoms with E-state index in [0.717, 1.165) is 33.8 Å². The molecule has 0 aromatic carbocycles. The van der Waals surface area contributed by atoms with Crippen LogP contribution in [0.15, 0.2) is 0 Å². The lowest BCUT2D eigenvalue weighted by atomic mass is 10.2. The van der Waals surface area contributed by atoms with Crippen molar-refractivity contribution in [2.75, 3.05) is 0 Å². The molecule has 0 radical (unpaired) electrons. The van der Waals surface area contributed by atoms with Crippen LogP contribution in [0.5, 0.6) is 0 Å². The van der Waals surface area contributed by atoms with Crippen LogP contribution in [0.3, 0.4) is 0 Å². The van der Waals surface area contributed by atoms with E-state index in [0.29, 0.717) is 0 Å². The van der Waals surface area contributed by atoms with Crippen LogP contribution in [-0.4, -0.2) is 14.3 Å². The van der Waals surface area contributed by atoms with E-state index in [1.54, 1.807) is 0 Å². The van der Waals surface area contributed by atoms with Crippen molar-refractivity contribution in [3.8, 4) is 0 Å². The molecule has 0 N–H and O–H groups in total. The van der Waals surface area contributed by atoms with E-state index in [9.17, 15) is 0 Å². The summed E-state index contributed by atoms with van der Waals surface area (Å²) in [5, 5.41) is 0. The highest BCUT2D eigenvalue weighted by molar-refractivity contribution is 7.13. The average molecular weight is 193 g/mol. The lowest BCUT2D eigenvalue weighted by Gasteiger charge is -1.96. The van der Waals surface area contributed by atoms with Gasteiger partial charge in [0.25, 0.3) is 0 Å². The van der Waals surface area contributed by atoms with E-state index in [4.69, 9.17) is 0 Å². The van der Waals surface area contributed by atoms with Gasteiger partial charge in [0, 0.05) is 0 Å². The fraction of sp³-hybridized carbons (Fsp3) is 0.444. The Balaban J connectivity index is 2.82. The Bertz CT molecular complexity index is 447. The van der Waals surface area contributed by atoms with E-state index < -0.39 is 0 Å². The van der Waals surface area contributed by atoms with E-state index in [-0.39, 0.29) is 0 Å². The molecule has 4 heteroatoms. The van der Waals surface area contributed by atoms with E-state index in [2.05, 4.69) is 21.3 Å². The van der Waals surface area contributed by atoms with Crippen LogP contribution in [-0.2, 0) is 6.42 Å². The minimum Gasteiger partial charge on any atom is -0.237 e. The molecule has 2 aromatic heterocycles. The highest BCUT2D eigenvalue weighted by Crippen LogP contribution is 2.23. The van der Waals surface area contributed by atoms with Gasteiger partial charge >= 0.3 is 0 Å². The third-order valence-electron chi connectivity index (χ3n) is 2.00. The number of aromatic nitrogens is 3. The summed E-state index contributed by atoms with van der Waals surface area (Å²) in [6.45, 7) is 6.03. The summed E-state index contributed by atoms with van der Waals surface area (Å²) in [6.07, 6.45) is 0.940. The van der Waals surface area contributed by atoms with Gasteiger partial charge in [0.1, 0.15) is 11.3 Å². The Morgan fingerprint density at radius 2 is 2.00 bits per heavy atom. The first-order valence-electron chi connectivity index (χ1n) is 4.32. The summed E-state index contributed by atoms with van der Waals surface area (Å²) >= 11 is 1.50. The quantitative estimate of drug-likeness (QED) is 0.697. The fourth-order valence-corrected chi connectivity index (χ4v) is 2.23. The smallest absolute Gasteiger partial charge is 0.126 e. The highest BCUT2D eigenvalue weighted by atomic mass is 32.1. The van der Waals surface area contributed by atoms with Gasteiger partial charge in [-0.25, -0.2) is 9.97 Å². The summed E-state index contributed by atoms with van der Waals surface area (Å²) in [5.74, 6) is 0.833. The van der Waals surface area contributed by atoms with Gasteiger partial charge < -0.3 is 0 Å². The van der Waals surface area contributed by atoms with Crippen molar-refractivity contribution in [3.05, 3.63) is 17.2 Å². The number of fused-ring (bicyclic) bond motifs is 1. The molecule has 0 aliphatic heterocycles. The normalized spacial score (nSPS) is 11.0. The van der Waals surface area contributed by atoms with Crippen molar-refractivity contribution in [2.45, 2.75) is 27.2 Å². The summed E-state index contributed by atoms with van der Waals surface area (Å²) < 4.78 is 5.48. The molecule has 0 aliphatic rings. The molecule has 0 atom stereocenters. The third-order valence-corrected chi connectivity index (χ3v) is 2.99. The Morgan fingerprint density at radius 1 is 1.23 bits per heavy atom. The van der Waals surface area contributed by atoms with Gasteiger partial charge in [0.05, 0.1) is 16.1 Å². The number of rotatable bonds is 1. The molecule has 2 aromatic rings. The molecule has 0 amide bonds. The van der Waals surface area contributed by atoms with Gasteiger partial charge in [-0.15, -0.1) is 0 Å². The molecule has 68 valence electrons. The van der Waals surface area contributed by atoms with Crippen molar-refractivity contribution >= 4 is 21.7 Å². The molecule has 0 unspecified atom stereocenters. The van der Waals surface area contributed by atoms with Gasteiger partial charge in [-0.1, -0.05) is 6.92 Å². The first-order chi connectivity index (χ1) is 6.22. The Labute approximate surface area is 81.0 Å². The monoisotopic (exact) mass is 193 g/mol. The number of aryl methyl sites for hydroxylation is 3. The molecule has 0 spiro atoms. The molecule has 2 heterocycles. The second-order valence-corrected chi connectivity index (χ2v) is 3.79. The topological polar surface area (TPSA) is 38.7 Å². The number of hydrogen-bond acceptors (Lipinski definition) is 4. The molecule has 13 heavy (non-hydrogen) atoms. The van der Waals surface area contributed by atoms with Crippen molar-refractivity contribution in [1.82, 2.24) is 14.3 Å². The van der Waals surface area contributed by atoms with Gasteiger partial charge in [0.2, 0.25) is 0 Å². The van der Waals surface area contributed by atoms with Crippen LogP contribution in [0.4, 0.5) is 0 Å². The highest BCUT2D eigenvalue weighted by Gasteiger charge is 2.09. The van der Waals surface area contributed by atoms with Gasteiger partial charge in [0.15, 0.2) is 0 Å². The van der Waals surface area contributed by atoms with Crippen LogP contribution in [0, 0.1) is 13.8 Å². The van der Waals surface area contributed by atoms with Crippen LogP contribution in [0.2, 0.25) is 0 Å². The minimum absolute atomic E-state index is 0.833. The summed E-state index contributed by atoms with van der Waals surface area (Å²) in [4.78, 5) is 8.71. The predicted molar refractivity (Wildman–Crippen MR) is 54.1 cm³/mol. The second-order valence-electron chi connectivity index (χ2n) is 3.02. The van der Waals surface area contributed by atoms with Gasteiger partial charge in [-0.2, -0.15) is 4.37 Å². The van der Waals surface area contributed by atoms with Crippen LogP contribution >= 0.6 is 11.5 Å². The Kier molecular flexibility index (Phi) is 2.00. The van der Waals surface area contributed by atoms with Crippen LogP contribution < -0.4 is 0 Å². The molecule has 0 aliphatic carbocycles. The van der Waals surface area contributed by atoms with E-state index in [1.165, 1.54) is 11.5 Å². The van der Waals surface area contributed by atoms with Gasteiger partial charge in [-0.3, -0.25) is 0 Å². The number of nitrogens with zero attached hydrogens (tertiary/aromatic N) is 3. The molecule has 0 bridgehead atoms. The van der Waals surface area contributed by atoms with Crippen LogP contribution in [0.25, 0.3) is 10.2 Å². The molecule has 3 nitrogen and oxygen atoms in total. The maximum atomic E-state index is 4.40. The standard InChI is InChI=1S/C9H11N3S/c1-4-7-8-9(13-12-7)5(2)10-6(3)11-8/h4H2,1-3H3. The number of hydrogen-bond donors (Lipinski definition) is 0. The Hall–Kier alpha value is -1.03. The van der Waals surface area contributed by atoms with Crippen molar-refractivity contribution in [3.63, 3.8) is 0 Å². The lowest BCUT2D eigenvalue weighted by molar-refractivity contribution is 1.03. The maximum absolute atomic E-state index is 4.40. The first kappa shape index (κ1) is 8.56. The predicted octanol–water partition coefficient (Wildman–Crippen LogP) is 2.27. The molecule has 0 saturated heterocycles. The van der Waals surface area contributed by atoms with E-state index >= 15 is 0 Å². The molecular formula is C9H11N3S. The molecule has 2 rings (SSSR count). The zero-order chi connectivity index (χ0) is 9.42. The Morgan fingerprint density at radius 3 is 2.69 bits per heavy atom. The van der Waals surface area contributed by atoms with Crippen molar-refractivity contribution < 1.29 is 0 Å².